The molecule has 3 aromatic heterocycles. The Bertz CT molecular complexity index is 2370. The van der Waals surface area contributed by atoms with Crippen LogP contribution in [0.2, 0.25) is 0 Å². The van der Waals surface area contributed by atoms with Crippen molar-refractivity contribution in [3.63, 3.8) is 0 Å². The molecule has 0 saturated carbocycles. The molecule has 0 aliphatic rings. The highest BCUT2D eigenvalue weighted by atomic mass is 16.5. The van der Waals surface area contributed by atoms with Crippen LogP contribution in [0.4, 0.5) is 0 Å². The second kappa shape index (κ2) is 15.1. The van der Waals surface area contributed by atoms with Gasteiger partial charge in [0, 0.05) is 40.4 Å². The van der Waals surface area contributed by atoms with Gasteiger partial charge in [0.1, 0.15) is 17.3 Å². The van der Waals surface area contributed by atoms with E-state index in [1.54, 1.807) is 0 Å². The molecule has 1 atom stereocenters. The van der Waals surface area contributed by atoms with E-state index in [2.05, 4.69) is 162 Å². The number of hydrogen-bond donors (Lipinski definition) is 0. The fourth-order valence-electron chi connectivity index (χ4n) is 7.69. The van der Waals surface area contributed by atoms with E-state index in [4.69, 9.17) is 14.8 Å². The molecule has 3 heterocycles. The van der Waals surface area contributed by atoms with E-state index < -0.39 is 0 Å². The number of aryl methyl sites for hydroxylation is 3. The molecule has 53 heavy (non-hydrogen) atoms. The average molecular weight is 703 g/mol. The van der Waals surface area contributed by atoms with E-state index in [-0.39, 0.29) is 5.41 Å². The summed E-state index contributed by atoms with van der Waals surface area (Å²) < 4.78 is 11.2. The largest absolute Gasteiger partial charge is 0.457 e. The lowest BCUT2D eigenvalue weighted by Gasteiger charge is -2.19. The molecule has 0 aliphatic carbocycles. The second-order valence-corrected chi connectivity index (χ2v) is 16.2. The van der Waals surface area contributed by atoms with Crippen molar-refractivity contribution in [3.05, 3.63) is 131 Å². The molecule has 0 fully saturated rings. The fraction of sp³-hybridized carbons (Fsp3) is 0.333. The monoisotopic (exact) mass is 702 g/mol. The number of nitrogens with zero attached hydrogens (tertiary/aromatic N) is 4. The van der Waals surface area contributed by atoms with Gasteiger partial charge >= 0.3 is 0 Å². The van der Waals surface area contributed by atoms with Crippen molar-refractivity contribution in [1.82, 2.24) is 19.3 Å². The van der Waals surface area contributed by atoms with E-state index in [0.717, 1.165) is 58.3 Å². The van der Waals surface area contributed by atoms with Gasteiger partial charge in [0.25, 0.3) is 0 Å². The van der Waals surface area contributed by atoms with E-state index in [1.807, 2.05) is 6.20 Å². The summed E-state index contributed by atoms with van der Waals surface area (Å²) in [7, 11) is 0. The summed E-state index contributed by atoms with van der Waals surface area (Å²) in [4.78, 5) is 4.85. The van der Waals surface area contributed by atoms with Crippen LogP contribution in [-0.2, 0) is 6.42 Å². The van der Waals surface area contributed by atoms with Crippen molar-refractivity contribution in [2.75, 3.05) is 0 Å². The standard InChI is InChI=1S/C48H54N4O/c1-9-10-12-15-33(3)38-18-21-44-43(29-38)42-20-19-40(31-45(42)51(44)46-26-32(2)23-25-49-46)53-41-28-36(22-24-48(6,7)8)27-39(30-41)52-35(5)47(34(4)50-52)37-16-13-11-14-17-37/h11,13-14,16-21,23,25-31,33H,9-10,12,15,22,24H2,1-8H3. The third-order valence-corrected chi connectivity index (χ3v) is 10.7. The Kier molecular flexibility index (Phi) is 10.3. The Labute approximate surface area is 315 Å². The topological polar surface area (TPSA) is 44.9 Å². The maximum Gasteiger partial charge on any atom is 0.137 e. The fourth-order valence-corrected chi connectivity index (χ4v) is 7.69. The van der Waals surface area contributed by atoms with E-state index in [9.17, 15) is 0 Å². The molecule has 0 bridgehead atoms. The van der Waals surface area contributed by atoms with Crippen molar-refractivity contribution in [1.29, 1.82) is 0 Å². The van der Waals surface area contributed by atoms with Crippen molar-refractivity contribution in [2.24, 2.45) is 5.41 Å². The van der Waals surface area contributed by atoms with Crippen molar-refractivity contribution in [2.45, 2.75) is 99.8 Å². The van der Waals surface area contributed by atoms with E-state index in [0.29, 0.717) is 5.92 Å². The van der Waals surface area contributed by atoms with Crippen molar-refractivity contribution < 1.29 is 4.74 Å². The van der Waals surface area contributed by atoms with Gasteiger partial charge in [0.05, 0.1) is 22.4 Å². The molecule has 7 rings (SSSR count). The third kappa shape index (κ3) is 7.81. The van der Waals surface area contributed by atoms with Crippen LogP contribution in [-0.4, -0.2) is 19.3 Å². The highest BCUT2D eigenvalue weighted by molar-refractivity contribution is 6.09. The lowest BCUT2D eigenvalue weighted by molar-refractivity contribution is 0.378. The summed E-state index contributed by atoms with van der Waals surface area (Å²) in [6, 6.07) is 34.9. The van der Waals surface area contributed by atoms with Crippen LogP contribution in [0.15, 0.2) is 103 Å². The summed E-state index contributed by atoms with van der Waals surface area (Å²) in [5, 5.41) is 7.52. The summed E-state index contributed by atoms with van der Waals surface area (Å²) in [5.41, 5.74) is 11.8. The first kappa shape index (κ1) is 36.2. The van der Waals surface area contributed by atoms with Gasteiger partial charge in [0.2, 0.25) is 0 Å². The molecule has 0 N–H and O–H groups in total. The van der Waals surface area contributed by atoms with Crippen molar-refractivity contribution in [3.8, 4) is 34.1 Å². The zero-order valence-corrected chi connectivity index (χ0v) is 32.8. The SMILES string of the molecule is CCCCCC(C)c1ccc2c(c1)c1ccc(Oc3cc(CCC(C)(C)C)cc(-n4nc(C)c(-c5ccccc5)c4C)c3)cc1n2-c1cc(C)ccn1. The Balaban J connectivity index is 1.32. The minimum Gasteiger partial charge on any atom is -0.457 e. The first-order valence-corrected chi connectivity index (χ1v) is 19.4. The number of unbranched alkanes of at least 4 members (excludes halogenated alkanes) is 2. The van der Waals surface area contributed by atoms with Crippen molar-refractivity contribution >= 4 is 21.8 Å². The maximum absolute atomic E-state index is 6.84. The molecule has 0 amide bonds. The predicted molar refractivity (Wildman–Crippen MR) is 222 cm³/mol. The zero-order chi connectivity index (χ0) is 37.3. The molecule has 0 radical (unpaired) electrons. The first-order chi connectivity index (χ1) is 25.5. The van der Waals surface area contributed by atoms with Crippen LogP contribution in [0, 0.1) is 26.2 Å². The molecule has 5 heteroatoms. The summed E-state index contributed by atoms with van der Waals surface area (Å²) >= 11 is 0. The van der Waals surface area contributed by atoms with Gasteiger partial charge in [-0.25, -0.2) is 9.67 Å². The number of aromatic nitrogens is 4. The summed E-state index contributed by atoms with van der Waals surface area (Å²) in [5.74, 6) is 3.02. The maximum atomic E-state index is 6.84. The summed E-state index contributed by atoms with van der Waals surface area (Å²) in [6.07, 6.45) is 8.91. The van der Waals surface area contributed by atoms with Crippen LogP contribution in [0.3, 0.4) is 0 Å². The van der Waals surface area contributed by atoms with Gasteiger partial charge in [-0.15, -0.1) is 0 Å². The highest BCUT2D eigenvalue weighted by Crippen LogP contribution is 2.38. The second-order valence-electron chi connectivity index (χ2n) is 16.2. The number of ether oxygens (including phenoxy) is 1. The van der Waals surface area contributed by atoms with Crippen LogP contribution in [0.25, 0.3) is 44.4 Å². The first-order valence-electron chi connectivity index (χ1n) is 19.4. The third-order valence-electron chi connectivity index (χ3n) is 10.7. The molecule has 5 nitrogen and oxygen atoms in total. The molecular formula is C48H54N4O. The molecule has 272 valence electrons. The van der Waals surface area contributed by atoms with Gasteiger partial charge in [-0.05, 0) is 122 Å². The smallest absolute Gasteiger partial charge is 0.137 e. The Hall–Kier alpha value is -5.16. The number of rotatable bonds is 12. The molecule has 4 aromatic carbocycles. The van der Waals surface area contributed by atoms with Gasteiger partial charge in [0.15, 0.2) is 0 Å². The number of hydrogen-bond acceptors (Lipinski definition) is 3. The van der Waals surface area contributed by atoms with E-state index >= 15 is 0 Å². The molecule has 7 aromatic rings. The minimum absolute atomic E-state index is 0.213. The van der Waals surface area contributed by atoms with Crippen LogP contribution in [0.1, 0.15) is 101 Å². The Morgan fingerprint density at radius 3 is 2.34 bits per heavy atom. The molecular weight excluding hydrogens is 649 g/mol. The molecule has 0 aliphatic heterocycles. The Morgan fingerprint density at radius 1 is 0.774 bits per heavy atom. The molecule has 0 saturated heterocycles. The lowest BCUT2D eigenvalue weighted by atomic mass is 9.88. The molecule has 1 unspecified atom stereocenters. The number of fused-ring (bicyclic) bond motifs is 3. The normalized spacial score (nSPS) is 12.5. The number of pyridine rings is 1. The average Bonchev–Trinajstić information content (AvgIpc) is 3.62. The van der Waals surface area contributed by atoms with Crippen LogP contribution < -0.4 is 4.74 Å². The lowest BCUT2D eigenvalue weighted by Crippen LogP contribution is -2.07. The number of benzene rings is 4. The molecule has 0 spiro atoms. The van der Waals surface area contributed by atoms with E-state index in [1.165, 1.54) is 64.3 Å². The summed E-state index contributed by atoms with van der Waals surface area (Å²) in [6.45, 7) is 17.9. The quantitative estimate of drug-likeness (QED) is 0.119. The zero-order valence-electron chi connectivity index (χ0n) is 32.8. The van der Waals surface area contributed by atoms with Gasteiger partial charge < -0.3 is 4.74 Å². The van der Waals surface area contributed by atoms with Gasteiger partial charge in [-0.2, -0.15) is 5.10 Å². The van der Waals surface area contributed by atoms with Crippen LogP contribution in [0.5, 0.6) is 11.5 Å². The minimum atomic E-state index is 0.213. The van der Waals surface area contributed by atoms with Gasteiger partial charge in [-0.1, -0.05) is 90.3 Å². The Morgan fingerprint density at radius 2 is 1.58 bits per heavy atom. The highest BCUT2D eigenvalue weighted by Gasteiger charge is 2.19. The van der Waals surface area contributed by atoms with Crippen LogP contribution >= 0.6 is 0 Å². The van der Waals surface area contributed by atoms with Gasteiger partial charge in [-0.3, -0.25) is 4.57 Å². The predicted octanol–water partition coefficient (Wildman–Crippen LogP) is 13.4.